The first-order chi connectivity index (χ1) is 14.0. The fourth-order valence-corrected chi connectivity index (χ4v) is 2.92. The predicted octanol–water partition coefficient (Wildman–Crippen LogP) is 3.90. The van der Waals surface area contributed by atoms with E-state index in [2.05, 4.69) is 10.6 Å². The number of hydrogen-bond acceptors (Lipinski definition) is 6. The minimum atomic E-state index is -0.630. The molecule has 0 aliphatic rings. The summed E-state index contributed by atoms with van der Waals surface area (Å²) < 4.78 is 10.7. The van der Waals surface area contributed by atoms with Gasteiger partial charge in [0.25, 0.3) is 5.69 Å². The normalized spacial score (nSPS) is 12.8. The summed E-state index contributed by atoms with van der Waals surface area (Å²) in [6, 6.07) is 16.3. The lowest BCUT2D eigenvalue weighted by Gasteiger charge is -2.22. The van der Waals surface area contributed by atoms with Crippen molar-refractivity contribution in [2.24, 2.45) is 0 Å². The van der Waals surface area contributed by atoms with Crippen LogP contribution in [0.5, 0.6) is 5.75 Å². The highest BCUT2D eigenvalue weighted by atomic mass is 16.6. The van der Waals surface area contributed by atoms with Gasteiger partial charge >= 0.3 is 0 Å². The maximum Gasteiger partial charge on any atom is 0.271 e. The number of rotatable bonds is 8. The molecule has 2 N–H and O–H groups in total. The molecular formula is C21H21N3O5. The molecule has 1 heterocycles. The largest absolute Gasteiger partial charge is 0.495 e. The number of non-ortho nitro benzene ring substituents is 1. The van der Waals surface area contributed by atoms with Gasteiger partial charge in [0.2, 0.25) is 5.91 Å². The van der Waals surface area contributed by atoms with E-state index < -0.39 is 11.0 Å². The van der Waals surface area contributed by atoms with Gasteiger partial charge in [-0.25, -0.2) is 0 Å². The van der Waals surface area contributed by atoms with E-state index in [1.807, 2.05) is 36.4 Å². The molecule has 0 aliphatic heterocycles. The molecule has 0 aliphatic carbocycles. The third kappa shape index (κ3) is 4.80. The summed E-state index contributed by atoms with van der Waals surface area (Å²) in [5.41, 5.74) is 1.03. The molecule has 29 heavy (non-hydrogen) atoms. The average molecular weight is 395 g/mol. The van der Waals surface area contributed by atoms with Gasteiger partial charge in [-0.1, -0.05) is 30.3 Å². The van der Waals surface area contributed by atoms with Crippen LogP contribution < -0.4 is 15.4 Å². The smallest absolute Gasteiger partial charge is 0.271 e. The van der Waals surface area contributed by atoms with Gasteiger partial charge in [0.1, 0.15) is 11.5 Å². The number of nitro benzene ring substituents is 1. The monoisotopic (exact) mass is 395 g/mol. The molecule has 8 nitrogen and oxygen atoms in total. The maximum atomic E-state index is 12.8. The van der Waals surface area contributed by atoms with Gasteiger partial charge in [-0.05, 0) is 30.7 Å². The van der Waals surface area contributed by atoms with Crippen LogP contribution in [0.15, 0.2) is 71.3 Å². The summed E-state index contributed by atoms with van der Waals surface area (Å²) in [5, 5.41) is 17.0. The van der Waals surface area contributed by atoms with E-state index in [1.165, 1.54) is 25.3 Å². The number of benzene rings is 2. The van der Waals surface area contributed by atoms with Gasteiger partial charge in [-0.3, -0.25) is 20.2 Å². The first-order valence-electron chi connectivity index (χ1n) is 8.97. The fraction of sp³-hybridized carbons (Fsp3) is 0.190. The molecule has 0 unspecified atom stereocenters. The van der Waals surface area contributed by atoms with E-state index in [-0.39, 0.29) is 23.3 Å². The zero-order valence-corrected chi connectivity index (χ0v) is 16.0. The van der Waals surface area contributed by atoms with Crippen molar-refractivity contribution in [3.8, 4) is 5.75 Å². The zero-order valence-electron chi connectivity index (χ0n) is 16.0. The van der Waals surface area contributed by atoms with Gasteiger partial charge in [0.05, 0.1) is 36.1 Å². The number of methoxy groups -OCH3 is 1. The van der Waals surface area contributed by atoms with Crippen LogP contribution in [0, 0.1) is 10.1 Å². The Morgan fingerprint density at radius 3 is 2.52 bits per heavy atom. The van der Waals surface area contributed by atoms with Crippen LogP contribution >= 0.6 is 0 Å². The Balaban J connectivity index is 1.79. The molecule has 0 saturated heterocycles. The van der Waals surface area contributed by atoms with E-state index in [0.29, 0.717) is 11.5 Å². The molecule has 3 aromatic rings. The van der Waals surface area contributed by atoms with Gasteiger partial charge < -0.3 is 14.5 Å². The topological polar surface area (TPSA) is 107 Å². The number of amides is 1. The van der Waals surface area contributed by atoms with Crippen LogP contribution in [0.4, 0.5) is 11.4 Å². The first kappa shape index (κ1) is 20.1. The van der Waals surface area contributed by atoms with Crippen LogP contribution in [0.1, 0.15) is 24.3 Å². The van der Waals surface area contributed by atoms with E-state index >= 15 is 0 Å². The second kappa shape index (κ2) is 9.03. The van der Waals surface area contributed by atoms with E-state index in [4.69, 9.17) is 9.15 Å². The van der Waals surface area contributed by atoms with Crippen molar-refractivity contribution in [2.45, 2.75) is 19.0 Å². The summed E-state index contributed by atoms with van der Waals surface area (Å²) >= 11 is 0. The lowest BCUT2D eigenvalue weighted by atomic mass is 10.0. The molecule has 150 valence electrons. The number of nitrogens with zero attached hydrogens (tertiary/aromatic N) is 1. The highest BCUT2D eigenvalue weighted by Gasteiger charge is 2.24. The average Bonchev–Trinajstić information content (AvgIpc) is 3.26. The van der Waals surface area contributed by atoms with Gasteiger partial charge in [0.15, 0.2) is 0 Å². The Labute approximate surface area is 167 Å². The Kier molecular flexibility index (Phi) is 6.25. The minimum absolute atomic E-state index is 0.139. The number of hydrogen-bond donors (Lipinski definition) is 2. The van der Waals surface area contributed by atoms with Crippen molar-refractivity contribution in [3.05, 3.63) is 88.4 Å². The zero-order chi connectivity index (χ0) is 20.8. The van der Waals surface area contributed by atoms with E-state index in [0.717, 1.165) is 5.56 Å². The van der Waals surface area contributed by atoms with E-state index in [1.54, 1.807) is 19.3 Å². The molecule has 0 spiro atoms. The number of carbonyl (C=O) groups excluding carboxylic acids is 1. The summed E-state index contributed by atoms with van der Waals surface area (Å²) in [6.45, 7) is 1.71. The number of nitrogens with one attached hydrogen (secondary N) is 2. The summed E-state index contributed by atoms with van der Waals surface area (Å²) in [6.07, 6.45) is 1.58. The van der Waals surface area contributed by atoms with Crippen molar-refractivity contribution in [1.29, 1.82) is 0 Å². The molecule has 8 heteroatoms. The minimum Gasteiger partial charge on any atom is -0.495 e. The van der Waals surface area contributed by atoms with Crippen molar-refractivity contribution < 1.29 is 18.9 Å². The van der Waals surface area contributed by atoms with Crippen LogP contribution in [-0.4, -0.2) is 24.0 Å². The molecule has 0 fully saturated rings. The number of ether oxygens (including phenoxy) is 1. The van der Waals surface area contributed by atoms with E-state index in [9.17, 15) is 14.9 Å². The molecule has 2 atom stereocenters. The molecule has 3 rings (SSSR count). The molecular weight excluding hydrogens is 374 g/mol. The summed E-state index contributed by atoms with van der Waals surface area (Å²) in [4.78, 5) is 23.3. The first-order valence-corrected chi connectivity index (χ1v) is 8.97. The second-order valence-corrected chi connectivity index (χ2v) is 6.38. The van der Waals surface area contributed by atoms with Crippen molar-refractivity contribution in [1.82, 2.24) is 5.32 Å². The Hall–Kier alpha value is -3.65. The highest BCUT2D eigenvalue weighted by Crippen LogP contribution is 2.29. The van der Waals surface area contributed by atoms with Gasteiger partial charge in [0, 0.05) is 12.1 Å². The van der Waals surface area contributed by atoms with Crippen molar-refractivity contribution in [2.75, 3.05) is 12.4 Å². The molecule has 0 radical (unpaired) electrons. The van der Waals surface area contributed by atoms with Crippen LogP contribution in [0.25, 0.3) is 0 Å². The Morgan fingerprint density at radius 2 is 1.90 bits per heavy atom. The van der Waals surface area contributed by atoms with Gasteiger partial charge in [-0.2, -0.15) is 0 Å². The predicted molar refractivity (Wildman–Crippen MR) is 108 cm³/mol. The number of anilines is 1. The Bertz CT molecular complexity index is 973. The molecule has 2 aromatic carbocycles. The van der Waals surface area contributed by atoms with Crippen LogP contribution in [0.3, 0.4) is 0 Å². The SMILES string of the molecule is COc1ccc([N+](=O)[O-])cc1NC(=O)[C@H](C)N[C@@H](c1ccccc1)c1ccco1. The van der Waals surface area contributed by atoms with Crippen molar-refractivity contribution in [3.63, 3.8) is 0 Å². The quantitative estimate of drug-likeness (QED) is 0.442. The maximum absolute atomic E-state index is 12.8. The third-order valence-corrected chi connectivity index (χ3v) is 4.42. The number of furan rings is 1. The number of nitro groups is 1. The fourth-order valence-electron chi connectivity index (χ4n) is 2.92. The summed E-state index contributed by atoms with van der Waals surface area (Å²) in [5.74, 6) is 0.641. The van der Waals surface area contributed by atoms with Crippen LogP contribution in [-0.2, 0) is 4.79 Å². The summed E-state index contributed by atoms with van der Waals surface area (Å²) in [7, 11) is 1.43. The standard InChI is InChI=1S/C21H21N3O5/c1-14(21(25)23-17-13-16(24(26)27)10-11-18(17)28-2)22-20(19-9-6-12-29-19)15-7-4-3-5-8-15/h3-14,20,22H,1-2H3,(H,23,25)/t14-,20-/m0/s1. The Morgan fingerprint density at radius 1 is 1.14 bits per heavy atom. The molecule has 0 bridgehead atoms. The molecule has 1 aromatic heterocycles. The lowest BCUT2D eigenvalue weighted by Crippen LogP contribution is -2.40. The molecule has 0 saturated carbocycles. The van der Waals surface area contributed by atoms with Crippen molar-refractivity contribution >= 4 is 17.3 Å². The third-order valence-electron chi connectivity index (χ3n) is 4.42. The van der Waals surface area contributed by atoms with Gasteiger partial charge in [-0.15, -0.1) is 0 Å². The van der Waals surface area contributed by atoms with Crippen LogP contribution in [0.2, 0.25) is 0 Å². The molecule has 1 amide bonds. The number of carbonyl (C=O) groups is 1. The second-order valence-electron chi connectivity index (χ2n) is 6.38. The lowest BCUT2D eigenvalue weighted by molar-refractivity contribution is -0.384. The highest BCUT2D eigenvalue weighted by molar-refractivity contribution is 5.96.